The number of hydrogen-bond donors (Lipinski definition) is 1. The highest BCUT2D eigenvalue weighted by Gasteiger charge is 2.44. The van der Waals surface area contributed by atoms with Crippen LogP contribution in [0.2, 0.25) is 0 Å². The lowest BCUT2D eigenvalue weighted by Crippen LogP contribution is -2.33. The maximum Gasteiger partial charge on any atom is 0.208 e. The maximum absolute atomic E-state index is 14.2. The van der Waals surface area contributed by atoms with Crippen LogP contribution in [0.4, 0.5) is 0 Å². The number of carbonyl (C=O) groups excluding carboxylic acids is 1. The first-order valence-corrected chi connectivity index (χ1v) is 10.4. The van der Waals surface area contributed by atoms with Crippen molar-refractivity contribution in [3.8, 4) is 0 Å². The predicted molar refractivity (Wildman–Crippen MR) is 107 cm³/mol. The number of aliphatic hydroxyl groups is 1. The van der Waals surface area contributed by atoms with Gasteiger partial charge >= 0.3 is 0 Å². The molecule has 3 nitrogen and oxygen atoms in total. The normalized spacial score (nSPS) is 20.7. The van der Waals surface area contributed by atoms with Gasteiger partial charge in [-0.15, -0.1) is 0 Å². The highest BCUT2D eigenvalue weighted by Crippen LogP contribution is 2.51. The molecule has 1 aliphatic carbocycles. The Labute approximate surface area is 154 Å². The van der Waals surface area contributed by atoms with Gasteiger partial charge in [0.05, 0.1) is 11.7 Å². The molecule has 2 atom stereocenters. The first kappa shape index (κ1) is 18.4. The third-order valence-electron chi connectivity index (χ3n) is 5.09. The van der Waals surface area contributed by atoms with Crippen LogP contribution < -0.4 is 10.6 Å². The van der Waals surface area contributed by atoms with Crippen LogP contribution in [0.1, 0.15) is 20.8 Å². The molecule has 0 fully saturated rings. The standard InChI is InChI=1S/C22H23O3P/c1-15-14-16(2)21(23)17(3)20(15)22(24)26(25,18-10-6-4-7-11-18)19-12-8-5-9-13-19/h4-14,17,20,23H,1-3H3. The molecule has 26 heavy (non-hydrogen) atoms. The molecular formula is C22H23O3P. The summed E-state index contributed by atoms with van der Waals surface area (Å²) in [6.07, 6.45) is 1.82. The van der Waals surface area contributed by atoms with Crippen molar-refractivity contribution in [1.29, 1.82) is 0 Å². The number of benzene rings is 2. The van der Waals surface area contributed by atoms with Crippen molar-refractivity contribution in [2.24, 2.45) is 11.8 Å². The molecule has 0 saturated heterocycles. The van der Waals surface area contributed by atoms with E-state index >= 15 is 0 Å². The van der Waals surface area contributed by atoms with E-state index < -0.39 is 19.0 Å². The van der Waals surface area contributed by atoms with Crippen molar-refractivity contribution in [1.82, 2.24) is 0 Å². The van der Waals surface area contributed by atoms with E-state index in [0.717, 1.165) is 11.1 Å². The van der Waals surface area contributed by atoms with Crippen molar-refractivity contribution in [2.75, 3.05) is 0 Å². The molecule has 0 bridgehead atoms. The molecule has 2 aromatic rings. The van der Waals surface area contributed by atoms with Crippen LogP contribution in [0.15, 0.2) is 83.6 Å². The zero-order valence-corrected chi connectivity index (χ0v) is 16.1. The van der Waals surface area contributed by atoms with E-state index in [2.05, 4.69) is 0 Å². The highest BCUT2D eigenvalue weighted by atomic mass is 31.2. The van der Waals surface area contributed by atoms with Gasteiger partial charge in [0.25, 0.3) is 0 Å². The summed E-state index contributed by atoms with van der Waals surface area (Å²) in [5.74, 6) is -0.806. The molecule has 0 heterocycles. The van der Waals surface area contributed by atoms with Crippen molar-refractivity contribution >= 4 is 23.3 Å². The van der Waals surface area contributed by atoms with E-state index in [1.165, 1.54) is 0 Å². The molecule has 0 saturated carbocycles. The first-order chi connectivity index (χ1) is 12.4. The van der Waals surface area contributed by atoms with Gasteiger partial charge in [0.2, 0.25) is 12.7 Å². The van der Waals surface area contributed by atoms with Gasteiger partial charge in [0, 0.05) is 16.5 Å². The number of aliphatic hydroxyl groups excluding tert-OH is 1. The summed E-state index contributed by atoms with van der Waals surface area (Å²) >= 11 is 0. The molecule has 0 spiro atoms. The minimum atomic E-state index is -3.52. The fourth-order valence-corrected chi connectivity index (χ4v) is 6.51. The third kappa shape index (κ3) is 2.97. The van der Waals surface area contributed by atoms with Crippen molar-refractivity contribution < 1.29 is 14.5 Å². The quantitative estimate of drug-likeness (QED) is 0.807. The van der Waals surface area contributed by atoms with Crippen LogP contribution >= 0.6 is 7.14 Å². The van der Waals surface area contributed by atoms with Crippen molar-refractivity contribution in [3.63, 3.8) is 0 Å². The van der Waals surface area contributed by atoms with Crippen LogP contribution in [-0.2, 0) is 9.36 Å². The number of hydrogen-bond acceptors (Lipinski definition) is 3. The fourth-order valence-electron chi connectivity index (χ4n) is 3.70. The Balaban J connectivity index is 2.17. The molecule has 0 radical (unpaired) electrons. The highest BCUT2D eigenvalue weighted by molar-refractivity contribution is 7.93. The van der Waals surface area contributed by atoms with Crippen LogP contribution in [-0.4, -0.2) is 10.6 Å². The second-order valence-electron chi connectivity index (χ2n) is 6.84. The van der Waals surface area contributed by atoms with E-state index in [1.54, 1.807) is 48.5 Å². The van der Waals surface area contributed by atoms with E-state index in [0.29, 0.717) is 10.6 Å². The monoisotopic (exact) mass is 366 g/mol. The molecule has 1 aliphatic rings. The second-order valence-corrected chi connectivity index (χ2v) is 9.53. The number of carbonyl (C=O) groups is 1. The number of rotatable bonds is 4. The van der Waals surface area contributed by atoms with Crippen molar-refractivity contribution in [2.45, 2.75) is 20.8 Å². The predicted octanol–water partition coefficient (Wildman–Crippen LogP) is 4.57. The van der Waals surface area contributed by atoms with Crippen LogP contribution in [0.25, 0.3) is 0 Å². The van der Waals surface area contributed by atoms with E-state index in [-0.39, 0.29) is 11.3 Å². The number of allylic oxidation sites excluding steroid dienone is 4. The van der Waals surface area contributed by atoms with Gasteiger partial charge < -0.3 is 9.67 Å². The summed E-state index contributed by atoms with van der Waals surface area (Å²) in [5.41, 5.74) is 1.27. The molecule has 0 amide bonds. The van der Waals surface area contributed by atoms with Crippen LogP contribution in [0.5, 0.6) is 0 Å². The Morgan fingerprint density at radius 3 is 1.85 bits per heavy atom. The Morgan fingerprint density at radius 1 is 0.923 bits per heavy atom. The Morgan fingerprint density at radius 2 is 1.38 bits per heavy atom. The van der Waals surface area contributed by atoms with Crippen molar-refractivity contribution in [3.05, 3.63) is 83.6 Å². The van der Waals surface area contributed by atoms with E-state index in [1.807, 2.05) is 39.0 Å². The molecule has 0 aromatic heterocycles. The zero-order valence-electron chi connectivity index (χ0n) is 15.2. The maximum atomic E-state index is 14.2. The molecule has 4 heteroatoms. The molecule has 1 N–H and O–H groups in total. The molecule has 2 aromatic carbocycles. The molecule has 3 rings (SSSR count). The van der Waals surface area contributed by atoms with Gasteiger partial charge in [-0.25, -0.2) is 0 Å². The Hall–Kier alpha value is -2.38. The van der Waals surface area contributed by atoms with E-state index in [4.69, 9.17) is 0 Å². The van der Waals surface area contributed by atoms with Gasteiger partial charge in [-0.1, -0.05) is 79.2 Å². The first-order valence-electron chi connectivity index (χ1n) is 8.71. The minimum absolute atomic E-state index is 0.196. The molecule has 134 valence electrons. The van der Waals surface area contributed by atoms with Gasteiger partial charge in [-0.3, -0.25) is 4.79 Å². The topological polar surface area (TPSA) is 54.4 Å². The van der Waals surface area contributed by atoms with E-state index in [9.17, 15) is 14.5 Å². The summed E-state index contributed by atoms with van der Waals surface area (Å²) in [6.45, 7) is 5.51. The van der Waals surface area contributed by atoms with Gasteiger partial charge in [-0.05, 0) is 19.4 Å². The average molecular weight is 366 g/mol. The summed E-state index contributed by atoms with van der Waals surface area (Å²) in [4.78, 5) is 13.7. The zero-order chi connectivity index (χ0) is 18.9. The van der Waals surface area contributed by atoms with Crippen LogP contribution in [0.3, 0.4) is 0 Å². The minimum Gasteiger partial charge on any atom is -0.512 e. The fraction of sp³-hybridized carbons (Fsp3) is 0.227. The Kier molecular flexibility index (Phi) is 5.02. The lowest BCUT2D eigenvalue weighted by molar-refractivity contribution is -0.115. The summed E-state index contributed by atoms with van der Waals surface area (Å²) < 4.78 is 14.2. The molecule has 2 unspecified atom stereocenters. The third-order valence-corrected chi connectivity index (χ3v) is 8.04. The van der Waals surface area contributed by atoms with Gasteiger partial charge in [0.1, 0.15) is 0 Å². The van der Waals surface area contributed by atoms with Gasteiger partial charge in [0.15, 0.2) is 0 Å². The molecule has 0 aliphatic heterocycles. The van der Waals surface area contributed by atoms with Crippen LogP contribution in [0, 0.1) is 11.8 Å². The SMILES string of the molecule is CC1=CC(C)=C(O)C(C)C1C(=O)P(=O)(c1ccccc1)c1ccccc1. The largest absolute Gasteiger partial charge is 0.512 e. The summed E-state index contributed by atoms with van der Waals surface area (Å²) in [7, 11) is -3.52. The van der Waals surface area contributed by atoms with Gasteiger partial charge in [-0.2, -0.15) is 0 Å². The average Bonchev–Trinajstić information content (AvgIpc) is 2.67. The summed E-state index contributed by atoms with van der Waals surface area (Å²) in [6, 6.07) is 17.9. The second kappa shape index (κ2) is 7.09. The Bertz CT molecular complexity index is 883. The lowest BCUT2D eigenvalue weighted by Gasteiger charge is -2.31. The summed E-state index contributed by atoms with van der Waals surface area (Å²) in [5, 5.41) is 11.4. The smallest absolute Gasteiger partial charge is 0.208 e. The molecular weight excluding hydrogens is 343 g/mol. The lowest BCUT2D eigenvalue weighted by atomic mass is 9.81.